The molecule has 6 unspecified atom stereocenters. The molecular formula is C17H26F4O4. The Morgan fingerprint density at radius 1 is 1.36 bits per heavy atom. The highest BCUT2D eigenvalue weighted by Gasteiger charge is 2.60. The summed E-state index contributed by atoms with van der Waals surface area (Å²) >= 11 is 0. The van der Waals surface area contributed by atoms with Crippen LogP contribution in [0, 0.1) is 11.8 Å². The van der Waals surface area contributed by atoms with Crippen molar-refractivity contribution in [3.05, 3.63) is 0 Å². The molecule has 146 valence electrons. The molecule has 1 saturated carbocycles. The van der Waals surface area contributed by atoms with Crippen LogP contribution in [0.2, 0.25) is 0 Å². The van der Waals surface area contributed by atoms with Gasteiger partial charge in [-0.05, 0) is 38.0 Å². The van der Waals surface area contributed by atoms with E-state index in [0.29, 0.717) is 19.8 Å². The first-order valence-electron chi connectivity index (χ1n) is 8.44. The van der Waals surface area contributed by atoms with Crippen molar-refractivity contribution in [1.29, 1.82) is 0 Å². The van der Waals surface area contributed by atoms with Crippen LogP contribution >= 0.6 is 0 Å². The van der Waals surface area contributed by atoms with Crippen LogP contribution in [0.1, 0.15) is 40.0 Å². The van der Waals surface area contributed by atoms with E-state index in [1.54, 1.807) is 6.92 Å². The van der Waals surface area contributed by atoms with Gasteiger partial charge >= 0.3 is 5.97 Å². The summed E-state index contributed by atoms with van der Waals surface area (Å²) in [5.74, 6) is -5.11. The minimum absolute atomic E-state index is 0.0407. The summed E-state index contributed by atoms with van der Waals surface area (Å²) < 4.78 is 72.8. The number of carbonyl (C=O) groups is 1. The lowest BCUT2D eigenvalue weighted by atomic mass is 9.68. The van der Waals surface area contributed by atoms with E-state index in [2.05, 4.69) is 0 Å². The molecular weight excluding hydrogens is 344 g/mol. The van der Waals surface area contributed by atoms with Crippen molar-refractivity contribution in [2.45, 2.75) is 69.4 Å². The number of esters is 1. The lowest BCUT2D eigenvalue weighted by Gasteiger charge is -2.48. The fourth-order valence-corrected chi connectivity index (χ4v) is 4.61. The predicted molar refractivity (Wildman–Crippen MR) is 82.0 cm³/mol. The third kappa shape index (κ3) is 4.10. The second kappa shape index (κ2) is 7.02. The SMILES string of the molecule is COC1C2CC(C)CC(C)(C2)OC(=O)COC(C(C)(F)F)C1(F)CF. The van der Waals surface area contributed by atoms with Gasteiger partial charge in [0.05, 0.1) is 6.10 Å². The first kappa shape index (κ1) is 20.4. The number of methoxy groups -OCH3 is 1. The van der Waals surface area contributed by atoms with Crippen molar-refractivity contribution < 1.29 is 36.6 Å². The molecule has 4 nitrogen and oxygen atoms in total. The zero-order valence-corrected chi connectivity index (χ0v) is 15.0. The molecule has 0 aromatic rings. The van der Waals surface area contributed by atoms with E-state index in [4.69, 9.17) is 14.2 Å². The minimum Gasteiger partial charge on any atom is -0.458 e. The molecule has 1 heterocycles. The Bertz CT molecular complexity index is 498. The van der Waals surface area contributed by atoms with Gasteiger partial charge in [-0.15, -0.1) is 0 Å². The topological polar surface area (TPSA) is 44.8 Å². The van der Waals surface area contributed by atoms with Crippen molar-refractivity contribution in [3.8, 4) is 0 Å². The smallest absolute Gasteiger partial charge is 0.332 e. The van der Waals surface area contributed by atoms with Gasteiger partial charge in [0.1, 0.15) is 18.9 Å². The van der Waals surface area contributed by atoms with Crippen molar-refractivity contribution in [3.63, 3.8) is 0 Å². The maximum Gasteiger partial charge on any atom is 0.332 e. The van der Waals surface area contributed by atoms with Gasteiger partial charge in [-0.2, -0.15) is 0 Å². The second-order valence-corrected chi connectivity index (χ2v) is 7.80. The highest BCUT2D eigenvalue weighted by Crippen LogP contribution is 2.47. The zero-order chi connectivity index (χ0) is 19.0. The monoisotopic (exact) mass is 370 g/mol. The Kier molecular flexibility index (Phi) is 5.74. The van der Waals surface area contributed by atoms with E-state index in [-0.39, 0.29) is 12.3 Å². The maximum atomic E-state index is 15.6. The number of hydrogen-bond acceptors (Lipinski definition) is 4. The number of rotatable bonds is 3. The van der Waals surface area contributed by atoms with E-state index >= 15 is 4.39 Å². The van der Waals surface area contributed by atoms with Gasteiger partial charge in [-0.1, -0.05) is 6.92 Å². The van der Waals surface area contributed by atoms with Crippen LogP contribution in [-0.2, 0) is 19.0 Å². The molecule has 0 aromatic heterocycles. The number of halogens is 4. The van der Waals surface area contributed by atoms with E-state index in [1.807, 2.05) is 6.92 Å². The van der Waals surface area contributed by atoms with Crippen LogP contribution in [0.5, 0.6) is 0 Å². The normalized spacial score (nSPS) is 43.4. The molecule has 1 saturated heterocycles. The summed E-state index contributed by atoms with van der Waals surface area (Å²) in [6.07, 6.45) is -2.67. The zero-order valence-electron chi connectivity index (χ0n) is 15.0. The summed E-state index contributed by atoms with van der Waals surface area (Å²) in [4.78, 5) is 12.0. The number of fused-ring (bicyclic) bond motifs is 2. The molecule has 2 fully saturated rings. The molecule has 1 aliphatic heterocycles. The van der Waals surface area contributed by atoms with Gasteiger partial charge in [0.25, 0.3) is 5.92 Å². The molecule has 6 atom stereocenters. The molecule has 0 radical (unpaired) electrons. The van der Waals surface area contributed by atoms with Gasteiger partial charge in [-0.25, -0.2) is 22.4 Å². The molecule has 2 rings (SSSR count). The first-order valence-corrected chi connectivity index (χ1v) is 8.44. The van der Waals surface area contributed by atoms with E-state index < -0.39 is 54.6 Å². The molecule has 25 heavy (non-hydrogen) atoms. The fraction of sp³-hybridized carbons (Fsp3) is 0.941. The van der Waals surface area contributed by atoms with E-state index in [0.717, 1.165) is 0 Å². The Morgan fingerprint density at radius 2 is 2.00 bits per heavy atom. The molecule has 0 spiro atoms. The van der Waals surface area contributed by atoms with Gasteiger partial charge in [0.2, 0.25) is 0 Å². The van der Waals surface area contributed by atoms with Crippen LogP contribution < -0.4 is 0 Å². The van der Waals surface area contributed by atoms with Gasteiger partial charge in [-0.3, -0.25) is 0 Å². The Balaban J connectivity index is 2.50. The Morgan fingerprint density at radius 3 is 2.52 bits per heavy atom. The molecule has 0 amide bonds. The van der Waals surface area contributed by atoms with E-state index in [1.165, 1.54) is 7.11 Å². The average molecular weight is 370 g/mol. The van der Waals surface area contributed by atoms with Crippen LogP contribution in [0.4, 0.5) is 17.6 Å². The van der Waals surface area contributed by atoms with Crippen molar-refractivity contribution in [2.24, 2.45) is 11.8 Å². The van der Waals surface area contributed by atoms with Crippen molar-refractivity contribution in [1.82, 2.24) is 0 Å². The number of hydrogen-bond donors (Lipinski definition) is 0. The van der Waals surface area contributed by atoms with Crippen LogP contribution in [0.15, 0.2) is 0 Å². The third-order valence-electron chi connectivity index (χ3n) is 5.16. The molecule has 0 N–H and O–H groups in total. The van der Waals surface area contributed by atoms with Crippen LogP contribution in [0.3, 0.4) is 0 Å². The number of alkyl halides is 4. The lowest BCUT2D eigenvalue weighted by Crippen LogP contribution is -2.63. The summed E-state index contributed by atoms with van der Waals surface area (Å²) in [5, 5.41) is 0. The second-order valence-electron chi connectivity index (χ2n) is 7.80. The Labute approximate surface area is 145 Å². The van der Waals surface area contributed by atoms with Crippen LogP contribution in [-0.4, -0.2) is 55.8 Å². The van der Waals surface area contributed by atoms with Crippen LogP contribution in [0.25, 0.3) is 0 Å². The third-order valence-corrected chi connectivity index (χ3v) is 5.16. The molecule has 2 bridgehead atoms. The number of ether oxygens (including phenoxy) is 3. The van der Waals surface area contributed by atoms with Gasteiger partial charge < -0.3 is 14.2 Å². The molecule has 1 aliphatic carbocycles. The summed E-state index contributed by atoms with van der Waals surface area (Å²) in [5.41, 5.74) is -3.97. The molecule has 8 heteroatoms. The van der Waals surface area contributed by atoms with Crippen molar-refractivity contribution in [2.75, 3.05) is 20.4 Å². The molecule has 0 aromatic carbocycles. The van der Waals surface area contributed by atoms with Gasteiger partial charge in [0, 0.05) is 14.0 Å². The Hall–Kier alpha value is -0.890. The fourth-order valence-electron chi connectivity index (χ4n) is 4.61. The summed E-state index contributed by atoms with van der Waals surface area (Å²) in [6.45, 7) is 1.48. The summed E-state index contributed by atoms with van der Waals surface area (Å²) in [7, 11) is 1.17. The molecule has 2 aliphatic rings. The standard InChI is InChI=1S/C17H26F4O4/c1-10-5-11-7-15(2,6-10)25-12(22)8-24-14(16(3,19)20)17(21,9-18)13(11)23-4/h10-11,13-14H,5-9H2,1-4H3. The quantitative estimate of drug-likeness (QED) is 0.564. The number of carbonyl (C=O) groups excluding carboxylic acids is 1. The van der Waals surface area contributed by atoms with Crippen molar-refractivity contribution >= 4 is 5.97 Å². The predicted octanol–water partition coefficient (Wildman–Crippen LogP) is 3.47. The van der Waals surface area contributed by atoms with Gasteiger partial charge in [0.15, 0.2) is 11.8 Å². The first-order chi connectivity index (χ1) is 11.4. The average Bonchev–Trinajstić information content (AvgIpc) is 2.44. The largest absolute Gasteiger partial charge is 0.458 e. The minimum atomic E-state index is -3.71. The highest BCUT2D eigenvalue weighted by molar-refractivity contribution is 5.71. The highest BCUT2D eigenvalue weighted by atomic mass is 19.3. The summed E-state index contributed by atoms with van der Waals surface area (Å²) in [6, 6.07) is 0. The maximum absolute atomic E-state index is 15.6. The van der Waals surface area contributed by atoms with E-state index in [9.17, 15) is 18.0 Å². The lowest BCUT2D eigenvalue weighted by molar-refractivity contribution is -0.244.